The molecule has 0 atom stereocenters. The van der Waals surface area contributed by atoms with Gasteiger partial charge in [-0.2, -0.15) is 11.3 Å². The number of rotatable bonds is 5. The van der Waals surface area contributed by atoms with Crippen LogP contribution in [0.25, 0.3) is 11.1 Å². The Labute approximate surface area is 132 Å². The van der Waals surface area contributed by atoms with Crippen molar-refractivity contribution in [1.29, 1.82) is 0 Å². The number of aromatic carboxylic acids is 1. The van der Waals surface area contributed by atoms with Gasteiger partial charge in [-0.1, -0.05) is 30.3 Å². The molecule has 0 aliphatic heterocycles. The van der Waals surface area contributed by atoms with Gasteiger partial charge in [0.25, 0.3) is 0 Å². The van der Waals surface area contributed by atoms with E-state index in [2.05, 4.69) is 34.3 Å². The molecule has 0 aliphatic rings. The third kappa shape index (κ3) is 3.18. The lowest BCUT2D eigenvalue weighted by Gasteiger charge is -2.11. The van der Waals surface area contributed by atoms with Crippen LogP contribution < -0.4 is 5.32 Å². The van der Waals surface area contributed by atoms with E-state index in [1.807, 2.05) is 24.3 Å². The van der Waals surface area contributed by atoms with Crippen molar-refractivity contribution in [3.8, 4) is 11.1 Å². The molecule has 0 saturated carbocycles. The van der Waals surface area contributed by atoms with Crippen LogP contribution in [0.4, 0.5) is 5.69 Å². The predicted octanol–water partition coefficient (Wildman–Crippen LogP) is 4.73. The molecule has 2 aromatic carbocycles. The number of hydrogen-bond acceptors (Lipinski definition) is 3. The van der Waals surface area contributed by atoms with Gasteiger partial charge in [0.2, 0.25) is 0 Å². The number of hydrogen-bond donors (Lipinski definition) is 2. The Balaban J connectivity index is 1.76. The smallest absolute Gasteiger partial charge is 0.335 e. The van der Waals surface area contributed by atoms with Crippen LogP contribution in [0.5, 0.6) is 0 Å². The van der Waals surface area contributed by atoms with Crippen molar-refractivity contribution in [1.82, 2.24) is 0 Å². The Kier molecular flexibility index (Phi) is 4.21. The number of nitrogens with one attached hydrogen (secondary N) is 1. The van der Waals surface area contributed by atoms with E-state index in [4.69, 9.17) is 5.11 Å². The van der Waals surface area contributed by atoms with Gasteiger partial charge in [0.15, 0.2) is 0 Å². The van der Waals surface area contributed by atoms with Crippen molar-refractivity contribution in [3.05, 3.63) is 76.5 Å². The molecular formula is C18H15NO2S. The summed E-state index contributed by atoms with van der Waals surface area (Å²) in [6.45, 7) is 0.654. The number of anilines is 1. The van der Waals surface area contributed by atoms with Gasteiger partial charge in [-0.05, 0) is 46.2 Å². The highest BCUT2D eigenvalue weighted by Crippen LogP contribution is 2.29. The van der Waals surface area contributed by atoms with Crippen LogP contribution in [0.1, 0.15) is 15.9 Å². The van der Waals surface area contributed by atoms with Crippen LogP contribution in [-0.4, -0.2) is 11.1 Å². The molecule has 0 spiro atoms. The first-order valence-corrected chi connectivity index (χ1v) is 7.86. The average molecular weight is 309 g/mol. The quantitative estimate of drug-likeness (QED) is 0.716. The largest absolute Gasteiger partial charge is 0.478 e. The first kappa shape index (κ1) is 14.4. The lowest BCUT2D eigenvalue weighted by Crippen LogP contribution is -2.02. The van der Waals surface area contributed by atoms with E-state index in [1.165, 1.54) is 11.1 Å². The van der Waals surface area contributed by atoms with Gasteiger partial charge in [-0.15, -0.1) is 0 Å². The molecule has 0 amide bonds. The number of para-hydroxylation sites is 1. The van der Waals surface area contributed by atoms with E-state index in [0.717, 1.165) is 11.3 Å². The molecule has 0 fully saturated rings. The van der Waals surface area contributed by atoms with Crippen molar-refractivity contribution < 1.29 is 9.90 Å². The van der Waals surface area contributed by atoms with Gasteiger partial charge < -0.3 is 10.4 Å². The normalized spacial score (nSPS) is 10.4. The van der Waals surface area contributed by atoms with Crippen molar-refractivity contribution in [2.75, 3.05) is 5.32 Å². The van der Waals surface area contributed by atoms with E-state index in [9.17, 15) is 4.79 Å². The van der Waals surface area contributed by atoms with E-state index >= 15 is 0 Å². The molecule has 3 aromatic rings. The lowest BCUT2D eigenvalue weighted by atomic mass is 10.1. The number of thiophene rings is 1. The van der Waals surface area contributed by atoms with E-state index in [0.29, 0.717) is 12.1 Å². The second kappa shape index (κ2) is 6.45. The highest BCUT2D eigenvalue weighted by Gasteiger charge is 2.05. The first-order valence-electron chi connectivity index (χ1n) is 6.92. The van der Waals surface area contributed by atoms with Crippen LogP contribution in [0.15, 0.2) is 65.4 Å². The average Bonchev–Trinajstić information content (AvgIpc) is 3.08. The van der Waals surface area contributed by atoms with Gasteiger partial charge in [0, 0.05) is 17.8 Å². The van der Waals surface area contributed by atoms with E-state index < -0.39 is 5.97 Å². The molecule has 0 unspecified atom stereocenters. The molecule has 1 heterocycles. The third-order valence-electron chi connectivity index (χ3n) is 3.44. The fourth-order valence-electron chi connectivity index (χ4n) is 2.27. The molecule has 2 N–H and O–H groups in total. The number of benzene rings is 2. The van der Waals surface area contributed by atoms with Gasteiger partial charge in [0.05, 0.1) is 5.56 Å². The van der Waals surface area contributed by atoms with Gasteiger partial charge in [-0.3, -0.25) is 0 Å². The summed E-state index contributed by atoms with van der Waals surface area (Å²) in [6, 6.07) is 17.2. The van der Waals surface area contributed by atoms with Crippen LogP contribution in [-0.2, 0) is 6.54 Å². The Bertz CT molecular complexity index is 764. The third-order valence-corrected chi connectivity index (χ3v) is 4.13. The monoisotopic (exact) mass is 309 g/mol. The second-order valence-electron chi connectivity index (χ2n) is 4.91. The molecule has 1 aromatic heterocycles. The Hall–Kier alpha value is -2.59. The van der Waals surface area contributed by atoms with Gasteiger partial charge >= 0.3 is 5.97 Å². The number of carbonyl (C=O) groups is 1. The summed E-state index contributed by atoms with van der Waals surface area (Å²) in [5, 5.41) is 16.5. The van der Waals surface area contributed by atoms with Crippen LogP contribution >= 0.6 is 11.3 Å². The maximum atomic E-state index is 10.9. The zero-order valence-electron chi connectivity index (χ0n) is 11.8. The number of carboxylic acids is 1. The highest BCUT2D eigenvalue weighted by atomic mass is 32.1. The molecule has 22 heavy (non-hydrogen) atoms. The SMILES string of the molecule is O=C(O)c1ccc(CNc2ccccc2-c2ccsc2)cc1. The summed E-state index contributed by atoms with van der Waals surface area (Å²) in [7, 11) is 0. The Morgan fingerprint density at radius 2 is 1.82 bits per heavy atom. The minimum Gasteiger partial charge on any atom is -0.478 e. The molecule has 3 rings (SSSR count). The topological polar surface area (TPSA) is 49.3 Å². The Morgan fingerprint density at radius 3 is 2.50 bits per heavy atom. The molecule has 0 bridgehead atoms. The summed E-state index contributed by atoms with van der Waals surface area (Å²) in [4.78, 5) is 10.9. The summed E-state index contributed by atoms with van der Waals surface area (Å²) in [5.74, 6) is -0.901. The van der Waals surface area contributed by atoms with Crippen molar-refractivity contribution in [3.63, 3.8) is 0 Å². The van der Waals surface area contributed by atoms with Gasteiger partial charge in [0.1, 0.15) is 0 Å². The standard InChI is InChI=1S/C18H15NO2S/c20-18(21)14-7-5-13(6-8-14)11-19-17-4-2-1-3-16(17)15-9-10-22-12-15/h1-10,12,19H,11H2,(H,20,21). The summed E-state index contributed by atoms with van der Waals surface area (Å²) >= 11 is 1.68. The maximum absolute atomic E-state index is 10.9. The van der Waals surface area contributed by atoms with Crippen LogP contribution in [0.3, 0.4) is 0 Å². The second-order valence-corrected chi connectivity index (χ2v) is 5.69. The van der Waals surface area contributed by atoms with E-state index in [1.54, 1.807) is 23.5 Å². The molecule has 110 valence electrons. The zero-order chi connectivity index (χ0) is 15.4. The van der Waals surface area contributed by atoms with E-state index in [-0.39, 0.29) is 0 Å². The van der Waals surface area contributed by atoms with Crippen LogP contribution in [0, 0.1) is 0 Å². The van der Waals surface area contributed by atoms with Crippen molar-refractivity contribution in [2.45, 2.75) is 6.54 Å². The Morgan fingerprint density at radius 1 is 1.05 bits per heavy atom. The molecule has 3 nitrogen and oxygen atoms in total. The summed E-state index contributed by atoms with van der Waals surface area (Å²) in [5.41, 5.74) is 4.80. The molecule has 4 heteroatoms. The summed E-state index contributed by atoms with van der Waals surface area (Å²) < 4.78 is 0. The molecular weight excluding hydrogens is 294 g/mol. The molecule has 0 aliphatic carbocycles. The maximum Gasteiger partial charge on any atom is 0.335 e. The highest BCUT2D eigenvalue weighted by molar-refractivity contribution is 7.08. The fourth-order valence-corrected chi connectivity index (χ4v) is 2.93. The fraction of sp³-hybridized carbons (Fsp3) is 0.0556. The van der Waals surface area contributed by atoms with Gasteiger partial charge in [-0.25, -0.2) is 4.79 Å². The minimum atomic E-state index is -0.901. The lowest BCUT2D eigenvalue weighted by molar-refractivity contribution is 0.0697. The first-order chi connectivity index (χ1) is 10.7. The van der Waals surface area contributed by atoms with Crippen molar-refractivity contribution in [2.24, 2.45) is 0 Å². The summed E-state index contributed by atoms with van der Waals surface area (Å²) in [6.07, 6.45) is 0. The minimum absolute atomic E-state index is 0.308. The molecule has 0 radical (unpaired) electrons. The number of carboxylic acid groups (broad SMARTS) is 1. The predicted molar refractivity (Wildman–Crippen MR) is 90.5 cm³/mol. The van der Waals surface area contributed by atoms with Crippen molar-refractivity contribution >= 4 is 23.0 Å². The zero-order valence-corrected chi connectivity index (χ0v) is 12.6. The molecule has 0 saturated heterocycles. The van der Waals surface area contributed by atoms with Crippen LogP contribution in [0.2, 0.25) is 0 Å².